The normalized spacial score (nSPS) is 19.4. The van der Waals surface area contributed by atoms with Gasteiger partial charge >= 0.3 is 0 Å². The van der Waals surface area contributed by atoms with Crippen LogP contribution in [0.15, 0.2) is 36.3 Å². The number of carbonyl (C=O) groups excluding carboxylic acids is 1. The van der Waals surface area contributed by atoms with E-state index in [1.807, 2.05) is 0 Å². The van der Waals surface area contributed by atoms with Crippen molar-refractivity contribution in [1.82, 2.24) is 15.8 Å². The van der Waals surface area contributed by atoms with Crippen LogP contribution >= 0.6 is 0 Å². The quantitative estimate of drug-likeness (QED) is 0.782. The molecule has 1 unspecified atom stereocenters. The number of allylic oxidation sites excluding steroid dienone is 2. The van der Waals surface area contributed by atoms with Gasteiger partial charge in [0, 0.05) is 23.7 Å². The van der Waals surface area contributed by atoms with Gasteiger partial charge in [-0.2, -0.15) is 0 Å². The van der Waals surface area contributed by atoms with E-state index in [-0.39, 0.29) is 5.91 Å². The van der Waals surface area contributed by atoms with Crippen LogP contribution in [0.3, 0.4) is 0 Å². The van der Waals surface area contributed by atoms with Crippen LogP contribution in [0, 0.1) is 5.92 Å². The fourth-order valence-electron chi connectivity index (χ4n) is 1.79. The average molecular weight is 231 g/mol. The second kappa shape index (κ2) is 5.48. The number of rotatable bonds is 3. The molecular formula is C13H17N3O. The molecule has 2 N–H and O–H groups in total. The first-order valence-electron chi connectivity index (χ1n) is 5.91. The molecule has 1 atom stereocenters. The molecule has 0 fully saturated rings. The summed E-state index contributed by atoms with van der Waals surface area (Å²) in [7, 11) is 0. The molecule has 2 rings (SSSR count). The van der Waals surface area contributed by atoms with E-state index in [1.165, 1.54) is 6.42 Å². The van der Waals surface area contributed by atoms with Crippen molar-refractivity contribution in [3.05, 3.63) is 41.9 Å². The summed E-state index contributed by atoms with van der Waals surface area (Å²) in [6.45, 7) is 2.24. The largest absolute Gasteiger partial charge is 0.303 e. The molecule has 0 bridgehead atoms. The fourth-order valence-corrected chi connectivity index (χ4v) is 1.79. The maximum atomic E-state index is 11.7. The molecule has 90 valence electrons. The minimum Gasteiger partial charge on any atom is -0.303 e. The number of amides is 1. The van der Waals surface area contributed by atoms with E-state index in [4.69, 9.17) is 0 Å². The van der Waals surface area contributed by atoms with Crippen LogP contribution in [0.4, 0.5) is 0 Å². The zero-order valence-corrected chi connectivity index (χ0v) is 9.94. The van der Waals surface area contributed by atoms with Crippen molar-refractivity contribution in [2.24, 2.45) is 5.92 Å². The average Bonchev–Trinajstić information content (AvgIpc) is 2.39. The van der Waals surface area contributed by atoms with Crippen LogP contribution in [0.1, 0.15) is 36.5 Å². The maximum absolute atomic E-state index is 11.7. The third-order valence-electron chi connectivity index (χ3n) is 2.95. The Hall–Kier alpha value is -1.84. The Morgan fingerprint density at radius 3 is 2.82 bits per heavy atom. The van der Waals surface area contributed by atoms with E-state index in [0.717, 1.165) is 24.5 Å². The first-order chi connectivity index (χ1) is 8.25. The fraction of sp³-hybridized carbons (Fsp3) is 0.385. The minimum atomic E-state index is -0.132. The number of hydrazine groups is 1. The van der Waals surface area contributed by atoms with Crippen molar-refractivity contribution in [2.75, 3.05) is 0 Å². The summed E-state index contributed by atoms with van der Waals surface area (Å²) in [5.74, 6) is 0.614. The van der Waals surface area contributed by atoms with E-state index in [0.29, 0.717) is 5.56 Å². The Balaban J connectivity index is 1.85. The highest BCUT2D eigenvalue weighted by atomic mass is 16.2. The Bertz CT molecular complexity index is 414. The molecule has 1 aromatic heterocycles. The van der Waals surface area contributed by atoms with E-state index in [2.05, 4.69) is 28.8 Å². The van der Waals surface area contributed by atoms with Crippen molar-refractivity contribution in [1.29, 1.82) is 0 Å². The molecule has 4 heteroatoms. The number of hydrogen-bond donors (Lipinski definition) is 2. The van der Waals surface area contributed by atoms with Crippen LogP contribution in [-0.2, 0) is 0 Å². The molecule has 1 amide bonds. The predicted octanol–water partition coefficient (Wildman–Crippen LogP) is 2.02. The standard InChI is InChI=1S/C13H17N3O/c1-10-2-4-12(5-3-10)15-16-13(17)11-6-8-14-9-7-11/h4,6-10,15H,2-3,5H2,1H3,(H,16,17). The van der Waals surface area contributed by atoms with Gasteiger partial charge in [-0.25, -0.2) is 0 Å². The monoisotopic (exact) mass is 231 g/mol. The number of nitrogens with zero attached hydrogens (tertiary/aromatic N) is 1. The highest BCUT2D eigenvalue weighted by Crippen LogP contribution is 2.20. The summed E-state index contributed by atoms with van der Waals surface area (Å²) < 4.78 is 0. The van der Waals surface area contributed by atoms with Crippen molar-refractivity contribution >= 4 is 5.91 Å². The topological polar surface area (TPSA) is 54.0 Å². The van der Waals surface area contributed by atoms with Gasteiger partial charge in [-0.15, -0.1) is 0 Å². The Morgan fingerprint density at radius 1 is 1.41 bits per heavy atom. The summed E-state index contributed by atoms with van der Waals surface area (Å²) in [6.07, 6.45) is 8.61. The second-order valence-corrected chi connectivity index (χ2v) is 4.42. The zero-order chi connectivity index (χ0) is 12.1. The molecule has 1 aliphatic carbocycles. The van der Waals surface area contributed by atoms with Crippen LogP contribution in [0.5, 0.6) is 0 Å². The highest BCUT2D eigenvalue weighted by molar-refractivity contribution is 5.93. The van der Waals surface area contributed by atoms with Crippen LogP contribution in [-0.4, -0.2) is 10.9 Å². The molecule has 0 spiro atoms. The van der Waals surface area contributed by atoms with E-state index < -0.39 is 0 Å². The van der Waals surface area contributed by atoms with Crippen molar-refractivity contribution < 1.29 is 4.79 Å². The SMILES string of the molecule is CC1CC=C(NNC(=O)c2ccncc2)CC1. The molecule has 0 aliphatic heterocycles. The van der Waals surface area contributed by atoms with Gasteiger partial charge in [0.25, 0.3) is 5.91 Å². The van der Waals surface area contributed by atoms with Gasteiger partial charge in [-0.1, -0.05) is 13.0 Å². The molecule has 1 aliphatic rings. The van der Waals surface area contributed by atoms with Crippen molar-refractivity contribution in [3.8, 4) is 0 Å². The van der Waals surface area contributed by atoms with Gasteiger partial charge < -0.3 is 5.43 Å². The molecule has 0 radical (unpaired) electrons. The first-order valence-corrected chi connectivity index (χ1v) is 5.91. The third kappa shape index (κ3) is 3.31. The number of carbonyl (C=O) groups is 1. The van der Waals surface area contributed by atoms with E-state index >= 15 is 0 Å². The third-order valence-corrected chi connectivity index (χ3v) is 2.95. The second-order valence-electron chi connectivity index (χ2n) is 4.42. The first kappa shape index (κ1) is 11.6. The number of hydrogen-bond acceptors (Lipinski definition) is 3. The van der Waals surface area contributed by atoms with Crippen LogP contribution < -0.4 is 10.9 Å². The summed E-state index contributed by atoms with van der Waals surface area (Å²) >= 11 is 0. The summed E-state index contributed by atoms with van der Waals surface area (Å²) in [6, 6.07) is 3.38. The predicted molar refractivity (Wildman–Crippen MR) is 65.9 cm³/mol. The summed E-state index contributed by atoms with van der Waals surface area (Å²) in [5, 5.41) is 0. The van der Waals surface area contributed by atoms with E-state index in [1.54, 1.807) is 24.5 Å². The Kier molecular flexibility index (Phi) is 3.75. The lowest BCUT2D eigenvalue weighted by Crippen LogP contribution is -2.37. The number of pyridine rings is 1. The van der Waals surface area contributed by atoms with Gasteiger partial charge in [0.2, 0.25) is 0 Å². The molecule has 0 saturated heterocycles. The number of aromatic nitrogens is 1. The Morgan fingerprint density at radius 2 is 2.18 bits per heavy atom. The van der Waals surface area contributed by atoms with Gasteiger partial charge in [-0.3, -0.25) is 15.2 Å². The van der Waals surface area contributed by atoms with Gasteiger partial charge in [0.05, 0.1) is 0 Å². The lowest BCUT2D eigenvalue weighted by Gasteiger charge is -2.19. The van der Waals surface area contributed by atoms with Crippen LogP contribution in [0.25, 0.3) is 0 Å². The number of nitrogens with one attached hydrogen (secondary N) is 2. The molecule has 1 heterocycles. The molecule has 0 saturated carbocycles. The summed E-state index contributed by atoms with van der Waals surface area (Å²) in [5.41, 5.74) is 7.39. The highest BCUT2D eigenvalue weighted by Gasteiger charge is 2.10. The molecule has 4 nitrogen and oxygen atoms in total. The van der Waals surface area contributed by atoms with Gasteiger partial charge in [0.1, 0.15) is 0 Å². The Labute approximate surface area is 101 Å². The van der Waals surface area contributed by atoms with Crippen molar-refractivity contribution in [3.63, 3.8) is 0 Å². The van der Waals surface area contributed by atoms with Crippen LogP contribution in [0.2, 0.25) is 0 Å². The van der Waals surface area contributed by atoms with E-state index in [9.17, 15) is 4.79 Å². The maximum Gasteiger partial charge on any atom is 0.269 e. The summed E-state index contributed by atoms with van der Waals surface area (Å²) in [4.78, 5) is 15.6. The zero-order valence-electron chi connectivity index (χ0n) is 9.94. The van der Waals surface area contributed by atoms with Crippen molar-refractivity contribution in [2.45, 2.75) is 26.2 Å². The van der Waals surface area contributed by atoms with Gasteiger partial charge in [0.15, 0.2) is 0 Å². The molecule has 0 aromatic carbocycles. The molecular weight excluding hydrogens is 214 g/mol. The minimum absolute atomic E-state index is 0.132. The lowest BCUT2D eigenvalue weighted by atomic mass is 9.95. The lowest BCUT2D eigenvalue weighted by molar-refractivity contribution is 0.0937. The molecule has 1 aromatic rings. The van der Waals surface area contributed by atoms with Gasteiger partial charge in [-0.05, 0) is 37.3 Å². The molecule has 17 heavy (non-hydrogen) atoms. The smallest absolute Gasteiger partial charge is 0.269 e.